The second kappa shape index (κ2) is 3.57. The molecule has 1 saturated carbocycles. The van der Waals surface area contributed by atoms with E-state index in [-0.39, 0.29) is 5.41 Å². The number of hydrogen-bond acceptors (Lipinski definition) is 4. The molecule has 0 aliphatic heterocycles. The van der Waals surface area contributed by atoms with Crippen molar-refractivity contribution in [3.05, 3.63) is 30.1 Å². The number of nitrogen functional groups attached to an aromatic ring is 1. The number of rotatable bonds is 2. The summed E-state index contributed by atoms with van der Waals surface area (Å²) in [4.78, 5) is 4.39. The average molecular weight is 239 g/mol. The van der Waals surface area contributed by atoms with Crippen molar-refractivity contribution in [3.63, 3.8) is 0 Å². The summed E-state index contributed by atoms with van der Waals surface area (Å²) in [7, 11) is 1.79. The molecule has 2 N–H and O–H groups in total. The summed E-state index contributed by atoms with van der Waals surface area (Å²) < 4.78 is 1.61. The maximum atomic E-state index is 9.13. The van der Waals surface area contributed by atoms with Gasteiger partial charge in [-0.2, -0.15) is 10.4 Å². The third-order valence-electron chi connectivity index (χ3n) is 3.54. The minimum atomic E-state index is -0.286. The second-order valence-corrected chi connectivity index (χ2v) is 4.69. The van der Waals surface area contributed by atoms with Crippen molar-refractivity contribution in [2.75, 3.05) is 5.73 Å². The molecule has 2 aromatic heterocycles. The Hall–Kier alpha value is -2.35. The number of pyridine rings is 1. The second-order valence-electron chi connectivity index (χ2n) is 4.69. The average Bonchev–Trinajstić information content (AvgIpc) is 3.14. The fraction of sp³-hybridized carbons (Fsp3) is 0.308. The zero-order valence-electron chi connectivity index (χ0n) is 10.1. The summed E-state index contributed by atoms with van der Waals surface area (Å²) in [6.45, 7) is 0. The van der Waals surface area contributed by atoms with Gasteiger partial charge >= 0.3 is 0 Å². The van der Waals surface area contributed by atoms with Crippen molar-refractivity contribution >= 4 is 5.82 Å². The highest BCUT2D eigenvalue weighted by Gasteiger charge is 2.45. The SMILES string of the molecule is Cn1ncc(-c2ccc(C3(C#N)CC3)cn2)c1N. The van der Waals surface area contributed by atoms with Gasteiger partial charge in [0.15, 0.2) is 0 Å². The van der Waals surface area contributed by atoms with Gasteiger partial charge in [0.05, 0.1) is 28.9 Å². The van der Waals surface area contributed by atoms with Gasteiger partial charge < -0.3 is 5.73 Å². The molecule has 18 heavy (non-hydrogen) atoms. The monoisotopic (exact) mass is 239 g/mol. The molecule has 1 aliphatic rings. The Labute approximate surface area is 105 Å². The van der Waals surface area contributed by atoms with Crippen LogP contribution in [0.4, 0.5) is 5.82 Å². The van der Waals surface area contributed by atoms with Crippen LogP contribution in [0.2, 0.25) is 0 Å². The number of aryl methyl sites for hydroxylation is 1. The van der Waals surface area contributed by atoms with Gasteiger partial charge in [0, 0.05) is 13.2 Å². The molecule has 2 heterocycles. The van der Waals surface area contributed by atoms with E-state index in [2.05, 4.69) is 16.2 Å². The Bertz CT molecular complexity index is 628. The molecule has 0 aromatic carbocycles. The highest BCUT2D eigenvalue weighted by atomic mass is 15.3. The summed E-state index contributed by atoms with van der Waals surface area (Å²) in [5, 5.41) is 13.2. The molecule has 0 saturated heterocycles. The summed E-state index contributed by atoms with van der Waals surface area (Å²) in [6.07, 6.45) is 5.34. The first-order chi connectivity index (χ1) is 8.66. The Morgan fingerprint density at radius 3 is 2.61 bits per heavy atom. The fourth-order valence-electron chi connectivity index (χ4n) is 2.07. The van der Waals surface area contributed by atoms with Gasteiger partial charge in [-0.05, 0) is 24.5 Å². The first kappa shape index (κ1) is 10.8. The van der Waals surface area contributed by atoms with E-state index in [9.17, 15) is 0 Å². The topological polar surface area (TPSA) is 80.5 Å². The molecule has 0 radical (unpaired) electrons. The van der Waals surface area contributed by atoms with Crippen LogP contribution >= 0.6 is 0 Å². The molecule has 0 amide bonds. The van der Waals surface area contributed by atoms with E-state index in [1.165, 1.54) is 0 Å². The Kier molecular flexibility index (Phi) is 2.14. The minimum absolute atomic E-state index is 0.286. The molecular formula is C13H13N5. The largest absolute Gasteiger partial charge is 0.383 e. The minimum Gasteiger partial charge on any atom is -0.383 e. The van der Waals surface area contributed by atoms with Crippen LogP contribution in [0, 0.1) is 11.3 Å². The van der Waals surface area contributed by atoms with E-state index in [0.717, 1.165) is 29.7 Å². The number of hydrogen-bond donors (Lipinski definition) is 1. The maximum absolute atomic E-state index is 9.13. The van der Waals surface area contributed by atoms with Gasteiger partial charge in [-0.25, -0.2) is 0 Å². The lowest BCUT2D eigenvalue weighted by Crippen LogP contribution is -2.03. The van der Waals surface area contributed by atoms with Crippen LogP contribution in [0.25, 0.3) is 11.3 Å². The number of nitriles is 1. The quantitative estimate of drug-likeness (QED) is 0.863. The summed E-state index contributed by atoms with van der Waals surface area (Å²) in [6, 6.07) is 6.23. The molecule has 1 aliphatic carbocycles. The fourth-order valence-corrected chi connectivity index (χ4v) is 2.07. The van der Waals surface area contributed by atoms with Gasteiger partial charge in [-0.15, -0.1) is 0 Å². The molecule has 90 valence electrons. The van der Waals surface area contributed by atoms with Gasteiger partial charge in [-0.3, -0.25) is 9.67 Å². The molecule has 0 unspecified atom stereocenters. The van der Waals surface area contributed by atoms with Crippen LogP contribution in [0.15, 0.2) is 24.5 Å². The first-order valence-electron chi connectivity index (χ1n) is 5.82. The molecule has 0 bridgehead atoms. The highest BCUT2D eigenvalue weighted by molar-refractivity contribution is 5.70. The molecule has 5 heteroatoms. The van der Waals surface area contributed by atoms with Crippen LogP contribution in [-0.4, -0.2) is 14.8 Å². The molecule has 5 nitrogen and oxygen atoms in total. The predicted octanol–water partition coefficient (Wildman–Crippen LogP) is 1.62. The standard InChI is InChI=1S/C13H13N5/c1-18-12(15)10(7-17-18)11-3-2-9(6-16-11)13(8-14)4-5-13/h2-3,6-7H,4-5,15H2,1H3. The molecule has 3 rings (SSSR count). The smallest absolute Gasteiger partial charge is 0.130 e. The van der Waals surface area contributed by atoms with Crippen molar-refractivity contribution in [2.24, 2.45) is 7.05 Å². The van der Waals surface area contributed by atoms with Crippen molar-refractivity contribution in [2.45, 2.75) is 18.3 Å². The lowest BCUT2D eigenvalue weighted by atomic mass is 9.99. The number of aromatic nitrogens is 3. The van der Waals surface area contributed by atoms with E-state index in [0.29, 0.717) is 5.82 Å². The highest BCUT2D eigenvalue weighted by Crippen LogP contribution is 2.47. The summed E-state index contributed by atoms with van der Waals surface area (Å²) in [5.41, 5.74) is 8.23. The van der Waals surface area contributed by atoms with Crippen LogP contribution in [0.3, 0.4) is 0 Å². The molecule has 1 fully saturated rings. The third kappa shape index (κ3) is 1.46. The summed E-state index contributed by atoms with van der Waals surface area (Å²) >= 11 is 0. The van der Waals surface area contributed by atoms with E-state index in [1.54, 1.807) is 24.1 Å². The van der Waals surface area contributed by atoms with Crippen molar-refractivity contribution in [1.82, 2.24) is 14.8 Å². The Morgan fingerprint density at radius 1 is 1.39 bits per heavy atom. The molecular weight excluding hydrogens is 226 g/mol. The van der Waals surface area contributed by atoms with Gasteiger partial charge in [0.25, 0.3) is 0 Å². The van der Waals surface area contributed by atoms with Gasteiger partial charge in [0.2, 0.25) is 0 Å². The lowest BCUT2D eigenvalue weighted by Gasteiger charge is -2.06. The van der Waals surface area contributed by atoms with Crippen LogP contribution < -0.4 is 5.73 Å². The summed E-state index contributed by atoms with van der Waals surface area (Å²) in [5.74, 6) is 0.594. The van der Waals surface area contributed by atoms with E-state index < -0.39 is 0 Å². The van der Waals surface area contributed by atoms with E-state index >= 15 is 0 Å². The van der Waals surface area contributed by atoms with E-state index in [1.807, 2.05) is 12.1 Å². The van der Waals surface area contributed by atoms with Crippen LogP contribution in [0.1, 0.15) is 18.4 Å². The Morgan fingerprint density at radius 2 is 2.17 bits per heavy atom. The van der Waals surface area contributed by atoms with Crippen LogP contribution in [0.5, 0.6) is 0 Å². The van der Waals surface area contributed by atoms with Crippen molar-refractivity contribution in [1.29, 1.82) is 5.26 Å². The zero-order chi connectivity index (χ0) is 12.8. The number of nitrogens with two attached hydrogens (primary N) is 1. The van der Waals surface area contributed by atoms with Crippen LogP contribution in [-0.2, 0) is 12.5 Å². The first-order valence-corrected chi connectivity index (χ1v) is 5.82. The van der Waals surface area contributed by atoms with Crippen molar-refractivity contribution in [3.8, 4) is 17.3 Å². The van der Waals surface area contributed by atoms with E-state index in [4.69, 9.17) is 11.0 Å². The number of anilines is 1. The molecule has 2 aromatic rings. The third-order valence-corrected chi connectivity index (χ3v) is 3.54. The molecule has 0 spiro atoms. The maximum Gasteiger partial charge on any atom is 0.130 e. The normalized spacial score (nSPS) is 16.2. The van der Waals surface area contributed by atoms with Crippen molar-refractivity contribution < 1.29 is 0 Å². The zero-order valence-corrected chi connectivity index (χ0v) is 10.1. The van der Waals surface area contributed by atoms with Gasteiger partial charge in [0.1, 0.15) is 5.82 Å². The number of nitrogens with zero attached hydrogens (tertiary/aromatic N) is 4. The predicted molar refractivity (Wildman–Crippen MR) is 67.4 cm³/mol. The molecule has 0 atom stereocenters. The lowest BCUT2D eigenvalue weighted by molar-refractivity contribution is 0.779. The van der Waals surface area contributed by atoms with Gasteiger partial charge in [-0.1, -0.05) is 6.07 Å². The Balaban J connectivity index is 1.97.